The molecule has 1 aromatic heterocycles. The lowest BCUT2D eigenvalue weighted by atomic mass is 10.1. The van der Waals surface area contributed by atoms with Crippen molar-refractivity contribution in [2.75, 3.05) is 10.7 Å². The number of pyridine rings is 1. The van der Waals surface area contributed by atoms with Crippen LogP contribution >= 0.6 is 0 Å². The van der Waals surface area contributed by atoms with E-state index in [0.717, 1.165) is 5.56 Å². The number of hydrazine groups is 1. The first kappa shape index (κ1) is 14.2. The van der Waals surface area contributed by atoms with E-state index in [4.69, 9.17) is 11.1 Å². The normalized spacial score (nSPS) is 9.71. The first-order chi connectivity index (χ1) is 10.1. The third-order valence-corrected chi connectivity index (χ3v) is 2.76. The Kier molecular flexibility index (Phi) is 4.28. The van der Waals surface area contributed by atoms with Gasteiger partial charge in [0, 0.05) is 12.6 Å². The van der Waals surface area contributed by atoms with Crippen molar-refractivity contribution >= 4 is 17.3 Å². The zero-order valence-corrected chi connectivity index (χ0v) is 10.9. The molecule has 0 aliphatic heterocycles. The minimum atomic E-state index is -0.519. The number of nitro groups is 1. The van der Waals surface area contributed by atoms with Crippen LogP contribution < -0.4 is 16.6 Å². The Morgan fingerprint density at radius 1 is 1.29 bits per heavy atom. The summed E-state index contributed by atoms with van der Waals surface area (Å²) in [4.78, 5) is 14.5. The predicted octanol–water partition coefficient (Wildman–Crippen LogP) is 1.76. The Labute approximate surface area is 120 Å². The van der Waals surface area contributed by atoms with Gasteiger partial charge in [-0.2, -0.15) is 5.26 Å². The van der Waals surface area contributed by atoms with Crippen molar-refractivity contribution in [3.63, 3.8) is 0 Å². The van der Waals surface area contributed by atoms with Crippen LogP contribution in [0, 0.1) is 21.4 Å². The van der Waals surface area contributed by atoms with Crippen molar-refractivity contribution in [2.24, 2.45) is 5.84 Å². The average Bonchev–Trinajstić information content (AvgIpc) is 2.52. The van der Waals surface area contributed by atoms with Gasteiger partial charge >= 0.3 is 5.69 Å². The molecule has 0 saturated carbocycles. The van der Waals surface area contributed by atoms with E-state index in [9.17, 15) is 10.1 Å². The second kappa shape index (κ2) is 6.31. The molecule has 21 heavy (non-hydrogen) atoms. The molecule has 0 unspecified atom stereocenters. The molecule has 0 saturated heterocycles. The molecule has 0 bridgehead atoms. The maximum atomic E-state index is 11.0. The standard InChI is InChI=1S/C13H12N6O2/c14-7-9-1-3-10(4-2-9)8-16-13-11(19(20)21)5-6-12(17-13)18-15/h1-6H,8,15H2,(H2,16,17,18). The van der Waals surface area contributed by atoms with Gasteiger partial charge in [-0.1, -0.05) is 12.1 Å². The lowest BCUT2D eigenvalue weighted by Gasteiger charge is -2.08. The highest BCUT2D eigenvalue weighted by Gasteiger charge is 2.15. The van der Waals surface area contributed by atoms with Gasteiger partial charge in [-0.3, -0.25) is 10.1 Å². The molecule has 1 heterocycles. The summed E-state index contributed by atoms with van der Waals surface area (Å²) < 4.78 is 0. The minimum absolute atomic E-state index is 0.125. The zero-order valence-electron chi connectivity index (χ0n) is 10.9. The first-order valence-corrected chi connectivity index (χ1v) is 5.99. The molecule has 2 rings (SSSR count). The van der Waals surface area contributed by atoms with Crippen LogP contribution in [-0.4, -0.2) is 9.91 Å². The van der Waals surface area contributed by atoms with Gasteiger partial charge in [0.05, 0.1) is 16.6 Å². The van der Waals surface area contributed by atoms with Crippen LogP contribution in [0.1, 0.15) is 11.1 Å². The zero-order chi connectivity index (χ0) is 15.2. The Balaban J connectivity index is 2.17. The van der Waals surface area contributed by atoms with E-state index >= 15 is 0 Å². The second-order valence-corrected chi connectivity index (χ2v) is 4.13. The second-order valence-electron chi connectivity index (χ2n) is 4.13. The highest BCUT2D eigenvalue weighted by molar-refractivity contribution is 5.60. The van der Waals surface area contributed by atoms with Gasteiger partial charge in [-0.25, -0.2) is 10.8 Å². The van der Waals surface area contributed by atoms with Crippen molar-refractivity contribution in [3.8, 4) is 6.07 Å². The Morgan fingerprint density at radius 2 is 2.00 bits per heavy atom. The third-order valence-electron chi connectivity index (χ3n) is 2.76. The molecule has 4 N–H and O–H groups in total. The van der Waals surface area contributed by atoms with Crippen molar-refractivity contribution < 1.29 is 4.92 Å². The quantitative estimate of drug-likeness (QED) is 0.433. The smallest absolute Gasteiger partial charge is 0.311 e. The van der Waals surface area contributed by atoms with E-state index in [1.54, 1.807) is 24.3 Å². The number of hydrogen-bond acceptors (Lipinski definition) is 7. The minimum Gasteiger partial charge on any atom is -0.360 e. The van der Waals surface area contributed by atoms with E-state index in [-0.39, 0.29) is 11.5 Å². The van der Waals surface area contributed by atoms with E-state index in [2.05, 4.69) is 15.7 Å². The summed E-state index contributed by atoms with van der Waals surface area (Å²) >= 11 is 0. The molecule has 8 heteroatoms. The van der Waals surface area contributed by atoms with Crippen LogP contribution in [0.25, 0.3) is 0 Å². The van der Waals surface area contributed by atoms with E-state index in [1.165, 1.54) is 12.1 Å². The molecule has 0 spiro atoms. The summed E-state index contributed by atoms with van der Waals surface area (Å²) in [6, 6.07) is 11.7. The summed E-state index contributed by atoms with van der Waals surface area (Å²) in [5.74, 6) is 5.69. The number of nitrogens with one attached hydrogen (secondary N) is 2. The number of nitrogens with zero attached hydrogens (tertiary/aromatic N) is 3. The predicted molar refractivity (Wildman–Crippen MR) is 77.2 cm³/mol. The van der Waals surface area contributed by atoms with Crippen LogP contribution in [-0.2, 0) is 6.54 Å². The molecular weight excluding hydrogens is 272 g/mol. The molecular formula is C13H12N6O2. The van der Waals surface area contributed by atoms with Gasteiger partial charge in [-0.15, -0.1) is 0 Å². The number of anilines is 2. The Bertz CT molecular complexity index is 693. The first-order valence-electron chi connectivity index (χ1n) is 5.99. The molecule has 0 radical (unpaired) electrons. The molecule has 0 fully saturated rings. The van der Waals surface area contributed by atoms with Crippen LogP contribution in [0.5, 0.6) is 0 Å². The monoisotopic (exact) mass is 284 g/mol. The molecule has 2 aromatic rings. The summed E-state index contributed by atoms with van der Waals surface area (Å²) in [6.45, 7) is 0.341. The van der Waals surface area contributed by atoms with Crippen molar-refractivity contribution in [1.82, 2.24) is 4.98 Å². The fraction of sp³-hybridized carbons (Fsp3) is 0.0769. The molecule has 0 aliphatic rings. The van der Waals surface area contributed by atoms with E-state index in [0.29, 0.717) is 17.9 Å². The van der Waals surface area contributed by atoms with Gasteiger partial charge in [0.1, 0.15) is 5.82 Å². The van der Waals surface area contributed by atoms with Crippen molar-refractivity contribution in [3.05, 3.63) is 57.6 Å². The number of aromatic nitrogens is 1. The number of hydrogen-bond donors (Lipinski definition) is 3. The van der Waals surface area contributed by atoms with Crippen LogP contribution in [0.3, 0.4) is 0 Å². The summed E-state index contributed by atoms with van der Waals surface area (Å²) in [5.41, 5.74) is 3.62. The van der Waals surface area contributed by atoms with Crippen LogP contribution in [0.4, 0.5) is 17.3 Å². The average molecular weight is 284 g/mol. The Morgan fingerprint density at radius 3 is 2.57 bits per heavy atom. The highest BCUT2D eigenvalue weighted by Crippen LogP contribution is 2.24. The fourth-order valence-corrected chi connectivity index (χ4v) is 1.69. The van der Waals surface area contributed by atoms with Gasteiger partial charge in [0.15, 0.2) is 0 Å². The lowest BCUT2D eigenvalue weighted by Crippen LogP contribution is -2.11. The highest BCUT2D eigenvalue weighted by atomic mass is 16.6. The number of rotatable bonds is 5. The maximum Gasteiger partial charge on any atom is 0.311 e. The topological polar surface area (TPSA) is 130 Å². The molecule has 0 amide bonds. The summed E-state index contributed by atoms with van der Waals surface area (Å²) in [7, 11) is 0. The Hall–Kier alpha value is -3.18. The van der Waals surface area contributed by atoms with E-state index in [1.807, 2.05) is 6.07 Å². The van der Waals surface area contributed by atoms with Gasteiger partial charge in [-0.05, 0) is 23.8 Å². The molecule has 0 aliphatic carbocycles. The largest absolute Gasteiger partial charge is 0.360 e. The molecule has 8 nitrogen and oxygen atoms in total. The maximum absolute atomic E-state index is 11.0. The van der Waals surface area contributed by atoms with Crippen LogP contribution in [0.15, 0.2) is 36.4 Å². The fourth-order valence-electron chi connectivity index (χ4n) is 1.69. The van der Waals surface area contributed by atoms with Gasteiger partial charge < -0.3 is 10.7 Å². The van der Waals surface area contributed by atoms with E-state index < -0.39 is 4.92 Å². The van der Waals surface area contributed by atoms with Gasteiger partial charge in [0.25, 0.3) is 0 Å². The number of nitrogen functional groups attached to an aromatic ring is 1. The molecule has 106 valence electrons. The number of nitriles is 1. The van der Waals surface area contributed by atoms with Crippen molar-refractivity contribution in [1.29, 1.82) is 5.26 Å². The molecule has 1 aromatic carbocycles. The van der Waals surface area contributed by atoms with Crippen LogP contribution in [0.2, 0.25) is 0 Å². The third kappa shape index (κ3) is 3.43. The molecule has 0 atom stereocenters. The summed E-state index contributed by atoms with van der Waals surface area (Å²) in [6.07, 6.45) is 0. The number of benzene rings is 1. The SMILES string of the molecule is N#Cc1ccc(CNc2nc(NN)ccc2[N+](=O)[O-])cc1. The van der Waals surface area contributed by atoms with Crippen molar-refractivity contribution in [2.45, 2.75) is 6.54 Å². The summed E-state index contributed by atoms with van der Waals surface area (Å²) in [5, 5.41) is 22.6. The van der Waals surface area contributed by atoms with Gasteiger partial charge in [0.2, 0.25) is 5.82 Å². The lowest BCUT2D eigenvalue weighted by molar-refractivity contribution is -0.384. The number of nitrogens with two attached hydrogens (primary N) is 1.